The van der Waals surface area contributed by atoms with Crippen molar-refractivity contribution in [2.45, 2.75) is 12.6 Å². The number of hydrogen-bond acceptors (Lipinski definition) is 5. The van der Waals surface area contributed by atoms with Crippen molar-refractivity contribution in [1.82, 2.24) is 25.5 Å². The van der Waals surface area contributed by atoms with Gasteiger partial charge in [0.25, 0.3) is 5.95 Å². The summed E-state index contributed by atoms with van der Waals surface area (Å²) in [6, 6.07) is 29.8. The van der Waals surface area contributed by atoms with Crippen LogP contribution in [0.2, 0.25) is 0 Å². The molecule has 0 saturated heterocycles. The summed E-state index contributed by atoms with van der Waals surface area (Å²) in [5.41, 5.74) is 4.02. The van der Waals surface area contributed by atoms with Gasteiger partial charge in [0.15, 0.2) is 0 Å². The third-order valence-electron chi connectivity index (χ3n) is 5.43. The van der Waals surface area contributed by atoms with Gasteiger partial charge in [-0.15, -0.1) is 0 Å². The van der Waals surface area contributed by atoms with Gasteiger partial charge in [-0.25, -0.2) is 0 Å². The summed E-state index contributed by atoms with van der Waals surface area (Å²) in [4.78, 5) is 14.8. The first-order valence-corrected chi connectivity index (χ1v) is 10.5. The van der Waals surface area contributed by atoms with E-state index in [-0.39, 0.29) is 18.5 Å². The third-order valence-corrected chi connectivity index (χ3v) is 5.43. The van der Waals surface area contributed by atoms with Crippen molar-refractivity contribution in [3.8, 4) is 0 Å². The van der Waals surface area contributed by atoms with Crippen molar-refractivity contribution >= 4 is 17.6 Å². The minimum absolute atomic E-state index is 0.107. The molecule has 0 fully saturated rings. The molecule has 1 atom stereocenters. The second-order valence-corrected chi connectivity index (χ2v) is 7.55. The number of benzene rings is 3. The largest absolute Gasteiger partial charge is 0.350 e. The Morgan fingerprint density at radius 2 is 1.53 bits per heavy atom. The van der Waals surface area contributed by atoms with Crippen LogP contribution in [-0.4, -0.2) is 32.7 Å². The van der Waals surface area contributed by atoms with Crippen LogP contribution in [0.3, 0.4) is 0 Å². The van der Waals surface area contributed by atoms with Gasteiger partial charge in [0.1, 0.15) is 12.6 Å². The molecule has 1 unspecified atom stereocenters. The van der Waals surface area contributed by atoms with E-state index in [4.69, 9.17) is 0 Å². The van der Waals surface area contributed by atoms with E-state index in [1.807, 2.05) is 83.8 Å². The van der Waals surface area contributed by atoms with Crippen LogP contribution in [0, 0.1) is 0 Å². The highest BCUT2D eigenvalue weighted by atomic mass is 16.2. The molecule has 0 spiro atoms. The first-order chi connectivity index (χ1) is 15.8. The Morgan fingerprint density at radius 1 is 0.875 bits per heavy atom. The minimum atomic E-state index is -0.167. The standard InChI is InChI=1S/C25H22N6O/c32-24(26-17-19-10-4-1-5-11-19)18-30-22(20-12-6-2-7-13-20)16-23(21-14-8-3-9-15-21)31-25(30)27-28-29-31/h1-16,23H,17-18H2,(H,26,32). The fourth-order valence-corrected chi connectivity index (χ4v) is 3.86. The zero-order chi connectivity index (χ0) is 21.8. The van der Waals surface area contributed by atoms with E-state index in [0.29, 0.717) is 12.5 Å². The predicted molar refractivity (Wildman–Crippen MR) is 122 cm³/mol. The maximum atomic E-state index is 12.9. The van der Waals surface area contributed by atoms with Crippen LogP contribution >= 0.6 is 0 Å². The summed E-state index contributed by atoms with van der Waals surface area (Å²) in [6.07, 6.45) is 2.11. The Kier molecular flexibility index (Phi) is 5.45. The Balaban J connectivity index is 1.47. The molecule has 0 aliphatic carbocycles. The van der Waals surface area contributed by atoms with E-state index in [1.165, 1.54) is 0 Å². The van der Waals surface area contributed by atoms with Crippen LogP contribution in [0.5, 0.6) is 0 Å². The summed E-state index contributed by atoms with van der Waals surface area (Å²) < 4.78 is 1.76. The Morgan fingerprint density at radius 3 is 2.25 bits per heavy atom. The number of anilines is 1. The molecule has 1 aromatic heterocycles. The van der Waals surface area contributed by atoms with Gasteiger partial charge in [-0.3, -0.25) is 9.69 Å². The molecule has 7 heteroatoms. The number of rotatable bonds is 6. The smallest absolute Gasteiger partial charge is 0.251 e. The maximum absolute atomic E-state index is 12.9. The number of allylic oxidation sites excluding steroid dienone is 1. The summed E-state index contributed by atoms with van der Waals surface area (Å²) in [7, 11) is 0. The van der Waals surface area contributed by atoms with Crippen LogP contribution in [0.4, 0.5) is 5.95 Å². The van der Waals surface area contributed by atoms with E-state index in [2.05, 4.69) is 39.1 Å². The summed E-state index contributed by atoms with van der Waals surface area (Å²) in [6.45, 7) is 0.574. The molecule has 1 amide bonds. The molecule has 158 valence electrons. The number of aromatic nitrogens is 4. The molecule has 0 bridgehead atoms. The number of hydrogen-bond donors (Lipinski definition) is 1. The summed E-state index contributed by atoms with van der Waals surface area (Å²) in [5.74, 6) is 0.429. The van der Waals surface area contributed by atoms with Crippen LogP contribution in [0.15, 0.2) is 97.1 Å². The van der Waals surface area contributed by atoms with Gasteiger partial charge < -0.3 is 5.32 Å². The van der Waals surface area contributed by atoms with Crippen molar-refractivity contribution < 1.29 is 4.79 Å². The second kappa shape index (κ2) is 8.85. The second-order valence-electron chi connectivity index (χ2n) is 7.55. The van der Waals surface area contributed by atoms with E-state index in [0.717, 1.165) is 22.4 Å². The minimum Gasteiger partial charge on any atom is -0.350 e. The van der Waals surface area contributed by atoms with Crippen molar-refractivity contribution in [2.24, 2.45) is 0 Å². The molecule has 0 radical (unpaired) electrons. The highest BCUT2D eigenvalue weighted by Gasteiger charge is 2.31. The number of amides is 1. The predicted octanol–water partition coefficient (Wildman–Crippen LogP) is 3.44. The average molecular weight is 422 g/mol. The van der Waals surface area contributed by atoms with E-state index in [9.17, 15) is 4.79 Å². The van der Waals surface area contributed by atoms with Crippen molar-refractivity contribution in [3.63, 3.8) is 0 Å². The number of tetrazole rings is 1. The maximum Gasteiger partial charge on any atom is 0.251 e. The molecule has 4 aromatic rings. The monoisotopic (exact) mass is 422 g/mol. The van der Waals surface area contributed by atoms with Crippen molar-refractivity contribution in [1.29, 1.82) is 0 Å². The molecule has 1 N–H and O–H groups in total. The molecule has 2 heterocycles. The number of carbonyl (C=O) groups excluding carboxylic acids is 1. The third kappa shape index (κ3) is 4.00. The van der Waals surface area contributed by atoms with Gasteiger partial charge in [0.05, 0.1) is 5.70 Å². The van der Waals surface area contributed by atoms with Crippen molar-refractivity contribution in [2.75, 3.05) is 11.4 Å². The molecular weight excluding hydrogens is 400 g/mol. The number of carbonyl (C=O) groups is 1. The number of nitrogens with zero attached hydrogens (tertiary/aromatic N) is 5. The zero-order valence-electron chi connectivity index (χ0n) is 17.4. The Bertz CT molecular complexity index is 1220. The average Bonchev–Trinajstić information content (AvgIpc) is 3.35. The highest BCUT2D eigenvalue weighted by molar-refractivity contribution is 5.89. The normalized spacial score (nSPS) is 15.1. The van der Waals surface area contributed by atoms with Crippen LogP contribution in [0.25, 0.3) is 5.70 Å². The van der Waals surface area contributed by atoms with Gasteiger partial charge in [0.2, 0.25) is 5.91 Å². The van der Waals surface area contributed by atoms with Gasteiger partial charge in [0, 0.05) is 6.54 Å². The van der Waals surface area contributed by atoms with E-state index in [1.54, 1.807) is 4.68 Å². The molecule has 7 nitrogen and oxygen atoms in total. The fraction of sp³-hybridized carbons (Fsp3) is 0.120. The first kappa shape index (κ1) is 19.7. The first-order valence-electron chi connectivity index (χ1n) is 10.5. The lowest BCUT2D eigenvalue weighted by molar-refractivity contribution is -0.119. The van der Waals surface area contributed by atoms with E-state index >= 15 is 0 Å². The van der Waals surface area contributed by atoms with Gasteiger partial charge in [-0.2, -0.15) is 4.68 Å². The van der Waals surface area contributed by atoms with Gasteiger partial charge in [-0.05, 0) is 33.2 Å². The molecule has 1 aliphatic heterocycles. The number of nitrogens with one attached hydrogen (secondary N) is 1. The van der Waals surface area contributed by atoms with Crippen molar-refractivity contribution in [3.05, 3.63) is 114 Å². The molecule has 3 aromatic carbocycles. The Labute approximate surface area is 186 Å². The lowest BCUT2D eigenvalue weighted by Crippen LogP contribution is -2.39. The zero-order valence-corrected chi connectivity index (χ0v) is 17.4. The van der Waals surface area contributed by atoms with Gasteiger partial charge >= 0.3 is 0 Å². The Hall–Kier alpha value is -4.26. The molecule has 1 aliphatic rings. The van der Waals surface area contributed by atoms with Crippen LogP contribution in [0.1, 0.15) is 22.7 Å². The number of fused-ring (bicyclic) bond motifs is 1. The SMILES string of the molecule is O=C(CN1C(c2ccccc2)=CC(c2ccccc2)n2nnnc21)NCc1ccccc1. The fourth-order valence-electron chi connectivity index (χ4n) is 3.86. The van der Waals surface area contributed by atoms with Crippen LogP contribution < -0.4 is 10.2 Å². The summed E-state index contributed by atoms with van der Waals surface area (Å²) in [5, 5.41) is 15.4. The van der Waals surface area contributed by atoms with Gasteiger partial charge in [-0.1, -0.05) is 96.1 Å². The molecule has 5 rings (SSSR count). The molecule has 0 saturated carbocycles. The topological polar surface area (TPSA) is 75.9 Å². The van der Waals surface area contributed by atoms with E-state index < -0.39 is 0 Å². The quantitative estimate of drug-likeness (QED) is 0.515. The lowest BCUT2D eigenvalue weighted by atomic mass is 10.0. The lowest BCUT2D eigenvalue weighted by Gasteiger charge is -2.32. The summed E-state index contributed by atoms with van der Waals surface area (Å²) >= 11 is 0. The highest BCUT2D eigenvalue weighted by Crippen LogP contribution is 2.35. The van der Waals surface area contributed by atoms with Crippen LogP contribution in [-0.2, 0) is 11.3 Å². The molecule has 32 heavy (non-hydrogen) atoms. The molecular formula is C25H22N6O.